The van der Waals surface area contributed by atoms with Crippen molar-refractivity contribution in [3.8, 4) is 0 Å². The maximum absolute atomic E-state index is 12.8. The minimum Gasteiger partial charge on any atom is -0.341 e. The summed E-state index contributed by atoms with van der Waals surface area (Å²) >= 11 is 0. The Labute approximate surface area is 163 Å². The molecular formula is C22H34N4O. The van der Waals surface area contributed by atoms with Crippen LogP contribution in [0.3, 0.4) is 0 Å². The average molecular weight is 371 g/mol. The number of amides is 1. The van der Waals surface area contributed by atoms with Crippen LogP contribution in [-0.4, -0.2) is 45.9 Å². The van der Waals surface area contributed by atoms with Gasteiger partial charge in [-0.15, -0.1) is 0 Å². The Bertz CT molecular complexity index is 665. The molecule has 2 saturated heterocycles. The van der Waals surface area contributed by atoms with E-state index < -0.39 is 0 Å². The fraction of sp³-hybridized carbons (Fsp3) is 0.773. The van der Waals surface area contributed by atoms with Gasteiger partial charge >= 0.3 is 0 Å². The van der Waals surface area contributed by atoms with Crippen molar-refractivity contribution >= 4 is 11.9 Å². The number of hydrogen-bond acceptors (Lipinski definition) is 4. The molecule has 0 aromatic carbocycles. The van der Waals surface area contributed by atoms with Crippen molar-refractivity contribution in [2.75, 3.05) is 24.5 Å². The zero-order valence-electron chi connectivity index (χ0n) is 17.0. The van der Waals surface area contributed by atoms with Gasteiger partial charge in [-0.05, 0) is 64.4 Å². The fourth-order valence-electron chi connectivity index (χ4n) is 5.54. The van der Waals surface area contributed by atoms with Crippen molar-refractivity contribution in [1.82, 2.24) is 14.9 Å². The van der Waals surface area contributed by atoms with Crippen molar-refractivity contribution in [1.29, 1.82) is 0 Å². The molecule has 1 amide bonds. The molecule has 148 valence electrons. The summed E-state index contributed by atoms with van der Waals surface area (Å²) < 4.78 is 0. The Kier molecular flexibility index (Phi) is 5.38. The molecule has 1 unspecified atom stereocenters. The molecule has 1 saturated carbocycles. The number of rotatable bonds is 3. The monoisotopic (exact) mass is 370 g/mol. The second kappa shape index (κ2) is 7.76. The largest absolute Gasteiger partial charge is 0.341 e. The van der Waals surface area contributed by atoms with E-state index in [0.717, 1.165) is 75.0 Å². The number of carbonyl (C=O) groups excluding carboxylic acids is 1. The summed E-state index contributed by atoms with van der Waals surface area (Å²) in [5.74, 6) is 1.99. The third-order valence-electron chi connectivity index (χ3n) is 7.01. The van der Waals surface area contributed by atoms with E-state index in [1.54, 1.807) is 0 Å². The molecule has 1 atom stereocenters. The van der Waals surface area contributed by atoms with E-state index in [4.69, 9.17) is 0 Å². The highest BCUT2D eigenvalue weighted by atomic mass is 16.2. The lowest BCUT2D eigenvalue weighted by atomic mass is 9.84. The number of carbonyl (C=O) groups is 1. The zero-order valence-corrected chi connectivity index (χ0v) is 17.0. The Hall–Kier alpha value is -1.65. The van der Waals surface area contributed by atoms with Gasteiger partial charge in [-0.3, -0.25) is 4.79 Å². The van der Waals surface area contributed by atoms with Gasteiger partial charge in [0.25, 0.3) is 0 Å². The SMILES string of the molecule is Cc1cc(C)nc(N2CCCC3(CCC(=O)N3CC3CCCCC3)CC2)n1. The van der Waals surface area contributed by atoms with E-state index in [1.807, 2.05) is 19.9 Å². The molecule has 3 heterocycles. The highest BCUT2D eigenvalue weighted by Gasteiger charge is 2.46. The van der Waals surface area contributed by atoms with Crippen LogP contribution in [0.5, 0.6) is 0 Å². The van der Waals surface area contributed by atoms with E-state index >= 15 is 0 Å². The summed E-state index contributed by atoms with van der Waals surface area (Å²) in [4.78, 5) is 26.8. The van der Waals surface area contributed by atoms with E-state index in [9.17, 15) is 4.79 Å². The molecule has 0 bridgehead atoms. The summed E-state index contributed by atoms with van der Waals surface area (Å²) in [5.41, 5.74) is 2.15. The topological polar surface area (TPSA) is 49.3 Å². The average Bonchev–Trinajstić information content (AvgIpc) is 2.82. The molecular weight excluding hydrogens is 336 g/mol. The Morgan fingerprint density at radius 1 is 1.00 bits per heavy atom. The van der Waals surface area contributed by atoms with Gasteiger partial charge in [0, 0.05) is 43.0 Å². The maximum atomic E-state index is 12.8. The fourth-order valence-corrected chi connectivity index (χ4v) is 5.54. The predicted octanol–water partition coefficient (Wildman–Crippen LogP) is 4.03. The number of nitrogens with zero attached hydrogens (tertiary/aromatic N) is 4. The lowest BCUT2D eigenvalue weighted by molar-refractivity contribution is -0.132. The van der Waals surface area contributed by atoms with Crippen LogP contribution in [0.2, 0.25) is 0 Å². The molecule has 1 spiro atoms. The van der Waals surface area contributed by atoms with Crippen LogP contribution in [0.15, 0.2) is 6.07 Å². The number of anilines is 1. The first kappa shape index (κ1) is 18.7. The lowest BCUT2D eigenvalue weighted by Gasteiger charge is -2.40. The van der Waals surface area contributed by atoms with Crippen LogP contribution in [0, 0.1) is 19.8 Å². The highest BCUT2D eigenvalue weighted by Crippen LogP contribution is 2.41. The van der Waals surface area contributed by atoms with Crippen molar-refractivity contribution in [2.45, 2.75) is 83.6 Å². The smallest absolute Gasteiger partial charge is 0.225 e. The quantitative estimate of drug-likeness (QED) is 0.806. The molecule has 3 aliphatic rings. The van der Waals surface area contributed by atoms with Crippen LogP contribution in [0.25, 0.3) is 0 Å². The number of likely N-dealkylation sites (tertiary alicyclic amines) is 1. The van der Waals surface area contributed by atoms with Crippen LogP contribution >= 0.6 is 0 Å². The second-order valence-electron chi connectivity index (χ2n) is 9.02. The van der Waals surface area contributed by atoms with E-state index in [-0.39, 0.29) is 5.54 Å². The highest BCUT2D eigenvalue weighted by molar-refractivity contribution is 5.79. The predicted molar refractivity (Wildman–Crippen MR) is 108 cm³/mol. The summed E-state index contributed by atoms with van der Waals surface area (Å²) in [6.45, 7) is 7.03. The van der Waals surface area contributed by atoms with Gasteiger partial charge in [-0.25, -0.2) is 9.97 Å². The third-order valence-corrected chi connectivity index (χ3v) is 7.01. The molecule has 27 heavy (non-hydrogen) atoms. The Morgan fingerprint density at radius 3 is 2.48 bits per heavy atom. The number of aryl methyl sites for hydroxylation is 2. The van der Waals surface area contributed by atoms with Crippen LogP contribution in [0.4, 0.5) is 5.95 Å². The lowest BCUT2D eigenvalue weighted by Crippen LogP contribution is -2.48. The molecule has 4 rings (SSSR count). The van der Waals surface area contributed by atoms with Gasteiger partial charge in [-0.1, -0.05) is 19.3 Å². The van der Waals surface area contributed by atoms with E-state index in [1.165, 1.54) is 32.1 Å². The molecule has 3 fully saturated rings. The van der Waals surface area contributed by atoms with Crippen molar-refractivity contribution in [3.63, 3.8) is 0 Å². The summed E-state index contributed by atoms with van der Waals surface area (Å²) in [7, 11) is 0. The Balaban J connectivity index is 1.48. The summed E-state index contributed by atoms with van der Waals surface area (Å²) in [6.07, 6.45) is 11.8. The summed E-state index contributed by atoms with van der Waals surface area (Å²) in [6, 6.07) is 2.03. The molecule has 1 aromatic heterocycles. The van der Waals surface area contributed by atoms with Gasteiger partial charge in [0.1, 0.15) is 0 Å². The molecule has 1 aromatic rings. The maximum Gasteiger partial charge on any atom is 0.225 e. The molecule has 5 heteroatoms. The minimum absolute atomic E-state index is 0.0855. The van der Waals surface area contributed by atoms with Gasteiger partial charge in [0.2, 0.25) is 11.9 Å². The van der Waals surface area contributed by atoms with Gasteiger partial charge in [-0.2, -0.15) is 0 Å². The molecule has 5 nitrogen and oxygen atoms in total. The number of hydrogen-bond donors (Lipinski definition) is 0. The van der Waals surface area contributed by atoms with Gasteiger partial charge in [0.05, 0.1) is 0 Å². The van der Waals surface area contributed by atoms with E-state index in [2.05, 4.69) is 19.8 Å². The molecule has 0 radical (unpaired) electrons. The first-order valence-electron chi connectivity index (χ1n) is 10.9. The third kappa shape index (κ3) is 3.97. The van der Waals surface area contributed by atoms with Crippen LogP contribution in [0.1, 0.15) is 75.6 Å². The van der Waals surface area contributed by atoms with Crippen LogP contribution in [-0.2, 0) is 4.79 Å². The summed E-state index contributed by atoms with van der Waals surface area (Å²) in [5, 5.41) is 0. The van der Waals surface area contributed by atoms with E-state index in [0.29, 0.717) is 5.91 Å². The first-order valence-corrected chi connectivity index (χ1v) is 10.9. The molecule has 2 aliphatic heterocycles. The van der Waals surface area contributed by atoms with Gasteiger partial charge < -0.3 is 9.80 Å². The standard InChI is InChI=1S/C22H34N4O/c1-17-15-18(2)24-21(23-17)25-13-6-10-22(12-14-25)11-9-20(27)26(22)16-19-7-4-3-5-8-19/h15,19H,3-14,16H2,1-2H3. The van der Waals surface area contributed by atoms with Crippen molar-refractivity contribution < 1.29 is 4.79 Å². The van der Waals surface area contributed by atoms with Crippen molar-refractivity contribution in [2.24, 2.45) is 5.92 Å². The number of aromatic nitrogens is 2. The zero-order chi connectivity index (χ0) is 18.9. The minimum atomic E-state index is 0.0855. The second-order valence-corrected chi connectivity index (χ2v) is 9.02. The van der Waals surface area contributed by atoms with Crippen molar-refractivity contribution in [3.05, 3.63) is 17.5 Å². The Morgan fingerprint density at radius 2 is 1.74 bits per heavy atom. The normalized spacial score (nSPS) is 27.4. The van der Waals surface area contributed by atoms with Crippen LogP contribution < -0.4 is 4.90 Å². The first-order chi connectivity index (χ1) is 13.1. The molecule has 1 aliphatic carbocycles. The molecule has 0 N–H and O–H groups in total. The van der Waals surface area contributed by atoms with Gasteiger partial charge in [0.15, 0.2) is 0 Å².